The maximum atomic E-state index is 11.0. The summed E-state index contributed by atoms with van der Waals surface area (Å²) in [4.78, 5) is 12.6. The van der Waals surface area contributed by atoms with Crippen molar-refractivity contribution in [2.45, 2.75) is 19.4 Å². The van der Waals surface area contributed by atoms with Crippen LogP contribution in [0.3, 0.4) is 0 Å². The second-order valence-corrected chi connectivity index (χ2v) is 2.84. The Bertz CT molecular complexity index is 139. The van der Waals surface area contributed by atoms with Crippen LogP contribution < -0.4 is 5.32 Å². The standard InChI is InChI=1S/C8H18N2O2/c1-4-8(12)10(3)6-7(11)5-9-2/h7,9,11H,4-6H2,1-3H3. The Morgan fingerprint density at radius 1 is 1.67 bits per heavy atom. The molecular formula is C8H18N2O2. The van der Waals surface area contributed by atoms with Crippen LogP contribution in [0.25, 0.3) is 0 Å². The van der Waals surface area contributed by atoms with E-state index in [-0.39, 0.29) is 5.91 Å². The molecule has 0 aromatic heterocycles. The third-order valence-corrected chi connectivity index (χ3v) is 1.65. The third kappa shape index (κ3) is 4.31. The van der Waals surface area contributed by atoms with E-state index in [1.807, 2.05) is 6.92 Å². The van der Waals surface area contributed by atoms with E-state index in [0.717, 1.165) is 0 Å². The zero-order valence-electron chi connectivity index (χ0n) is 8.00. The third-order valence-electron chi connectivity index (χ3n) is 1.65. The van der Waals surface area contributed by atoms with Crippen molar-refractivity contribution < 1.29 is 9.90 Å². The van der Waals surface area contributed by atoms with Crippen molar-refractivity contribution in [2.24, 2.45) is 0 Å². The van der Waals surface area contributed by atoms with Crippen molar-refractivity contribution in [3.63, 3.8) is 0 Å². The number of hydrogen-bond acceptors (Lipinski definition) is 3. The van der Waals surface area contributed by atoms with E-state index in [1.54, 1.807) is 19.0 Å². The Morgan fingerprint density at radius 3 is 2.67 bits per heavy atom. The molecule has 0 radical (unpaired) electrons. The van der Waals surface area contributed by atoms with Crippen molar-refractivity contribution in [1.82, 2.24) is 10.2 Å². The number of hydrogen-bond donors (Lipinski definition) is 2. The maximum absolute atomic E-state index is 11.0. The number of rotatable bonds is 5. The molecule has 0 aliphatic heterocycles. The van der Waals surface area contributed by atoms with Gasteiger partial charge in [-0.25, -0.2) is 0 Å². The summed E-state index contributed by atoms with van der Waals surface area (Å²) in [6.07, 6.45) is 0.0125. The number of amides is 1. The van der Waals surface area contributed by atoms with Crippen LogP contribution in [0.15, 0.2) is 0 Å². The van der Waals surface area contributed by atoms with Gasteiger partial charge < -0.3 is 15.3 Å². The molecule has 4 heteroatoms. The van der Waals surface area contributed by atoms with Gasteiger partial charge in [0.2, 0.25) is 5.91 Å². The smallest absolute Gasteiger partial charge is 0.222 e. The van der Waals surface area contributed by atoms with Crippen LogP contribution >= 0.6 is 0 Å². The highest BCUT2D eigenvalue weighted by atomic mass is 16.3. The van der Waals surface area contributed by atoms with Crippen molar-refractivity contribution in [1.29, 1.82) is 0 Å². The van der Waals surface area contributed by atoms with Gasteiger partial charge in [-0.3, -0.25) is 4.79 Å². The first-order chi connectivity index (χ1) is 5.61. The van der Waals surface area contributed by atoms with Crippen molar-refractivity contribution >= 4 is 5.91 Å². The predicted molar refractivity (Wildman–Crippen MR) is 47.9 cm³/mol. The molecule has 4 nitrogen and oxygen atoms in total. The van der Waals surface area contributed by atoms with Crippen molar-refractivity contribution in [3.8, 4) is 0 Å². The van der Waals surface area contributed by atoms with Crippen LogP contribution in [0, 0.1) is 0 Å². The quantitative estimate of drug-likeness (QED) is 0.587. The highest BCUT2D eigenvalue weighted by Gasteiger charge is 2.10. The molecule has 2 N–H and O–H groups in total. The second-order valence-electron chi connectivity index (χ2n) is 2.84. The molecule has 0 heterocycles. The van der Waals surface area contributed by atoms with Crippen molar-refractivity contribution in [2.75, 3.05) is 27.2 Å². The summed E-state index contributed by atoms with van der Waals surface area (Å²) in [5, 5.41) is 12.1. The van der Waals surface area contributed by atoms with Crippen LogP contribution in [-0.2, 0) is 4.79 Å². The lowest BCUT2D eigenvalue weighted by Gasteiger charge is -2.19. The number of aliphatic hydroxyl groups excluding tert-OH is 1. The first kappa shape index (κ1) is 11.4. The molecule has 12 heavy (non-hydrogen) atoms. The van der Waals surface area contributed by atoms with E-state index in [1.165, 1.54) is 0 Å². The number of nitrogens with one attached hydrogen (secondary N) is 1. The number of carbonyl (C=O) groups is 1. The Balaban J connectivity index is 3.67. The number of aliphatic hydroxyl groups is 1. The molecule has 1 unspecified atom stereocenters. The van der Waals surface area contributed by atoms with Gasteiger partial charge in [0.15, 0.2) is 0 Å². The fourth-order valence-electron chi connectivity index (χ4n) is 0.988. The molecule has 72 valence electrons. The number of nitrogens with zero attached hydrogens (tertiary/aromatic N) is 1. The molecule has 0 bridgehead atoms. The zero-order valence-corrected chi connectivity index (χ0v) is 8.00. The SMILES string of the molecule is CCC(=O)N(C)CC(O)CNC. The molecule has 0 aliphatic carbocycles. The first-order valence-corrected chi connectivity index (χ1v) is 4.18. The number of likely N-dealkylation sites (N-methyl/N-ethyl adjacent to an activating group) is 2. The van der Waals surface area contributed by atoms with Crippen LogP contribution in [0.5, 0.6) is 0 Å². The Kier molecular flexibility index (Phi) is 5.66. The highest BCUT2D eigenvalue weighted by Crippen LogP contribution is 1.92. The summed E-state index contributed by atoms with van der Waals surface area (Å²) in [6, 6.07) is 0. The van der Waals surface area contributed by atoms with Gasteiger partial charge in [0.25, 0.3) is 0 Å². The summed E-state index contributed by atoms with van der Waals surface area (Å²) in [6.45, 7) is 2.72. The summed E-state index contributed by atoms with van der Waals surface area (Å²) < 4.78 is 0. The van der Waals surface area contributed by atoms with Crippen LogP contribution in [0.4, 0.5) is 0 Å². The van der Waals surface area contributed by atoms with Crippen molar-refractivity contribution in [3.05, 3.63) is 0 Å². The van der Waals surface area contributed by atoms with E-state index < -0.39 is 6.10 Å². The van der Waals surface area contributed by atoms with Crippen LogP contribution in [0.2, 0.25) is 0 Å². The molecule has 0 rings (SSSR count). The molecule has 0 saturated carbocycles. The van der Waals surface area contributed by atoms with Gasteiger partial charge in [-0.05, 0) is 7.05 Å². The molecule has 0 aromatic carbocycles. The van der Waals surface area contributed by atoms with E-state index in [9.17, 15) is 9.90 Å². The number of carbonyl (C=O) groups excluding carboxylic acids is 1. The molecule has 0 fully saturated rings. The topological polar surface area (TPSA) is 52.6 Å². The van der Waals surface area contributed by atoms with Gasteiger partial charge in [0.05, 0.1) is 6.10 Å². The summed E-state index contributed by atoms with van der Waals surface area (Å²) in [5.74, 6) is 0.0603. The minimum Gasteiger partial charge on any atom is -0.390 e. The summed E-state index contributed by atoms with van der Waals surface area (Å²) in [7, 11) is 3.47. The Labute approximate surface area is 73.6 Å². The lowest BCUT2D eigenvalue weighted by Crippen LogP contribution is -2.38. The Morgan fingerprint density at radius 2 is 2.25 bits per heavy atom. The van der Waals surface area contributed by atoms with E-state index in [0.29, 0.717) is 19.5 Å². The second kappa shape index (κ2) is 5.97. The van der Waals surface area contributed by atoms with E-state index >= 15 is 0 Å². The molecular weight excluding hydrogens is 156 g/mol. The molecule has 1 amide bonds. The van der Waals surface area contributed by atoms with Gasteiger partial charge in [-0.2, -0.15) is 0 Å². The lowest BCUT2D eigenvalue weighted by molar-refractivity contribution is -0.130. The van der Waals surface area contributed by atoms with E-state index in [4.69, 9.17) is 0 Å². The molecule has 0 spiro atoms. The van der Waals surface area contributed by atoms with Gasteiger partial charge >= 0.3 is 0 Å². The van der Waals surface area contributed by atoms with Crippen LogP contribution in [-0.4, -0.2) is 49.2 Å². The maximum Gasteiger partial charge on any atom is 0.222 e. The molecule has 0 aromatic rings. The fraction of sp³-hybridized carbons (Fsp3) is 0.875. The van der Waals surface area contributed by atoms with Crippen LogP contribution in [0.1, 0.15) is 13.3 Å². The fourth-order valence-corrected chi connectivity index (χ4v) is 0.988. The molecule has 0 aliphatic rings. The summed E-state index contributed by atoms with van der Waals surface area (Å²) >= 11 is 0. The van der Waals surface area contributed by atoms with Gasteiger partial charge in [-0.1, -0.05) is 6.92 Å². The Hall–Kier alpha value is -0.610. The van der Waals surface area contributed by atoms with Gasteiger partial charge in [0.1, 0.15) is 0 Å². The predicted octanol–water partition coefficient (Wildman–Crippen LogP) is -0.565. The highest BCUT2D eigenvalue weighted by molar-refractivity contribution is 5.75. The monoisotopic (exact) mass is 174 g/mol. The molecule has 1 atom stereocenters. The lowest BCUT2D eigenvalue weighted by atomic mass is 10.3. The minimum atomic E-state index is -0.476. The average molecular weight is 174 g/mol. The van der Waals surface area contributed by atoms with E-state index in [2.05, 4.69) is 5.32 Å². The van der Waals surface area contributed by atoms with Gasteiger partial charge in [0, 0.05) is 26.6 Å². The summed E-state index contributed by atoms with van der Waals surface area (Å²) in [5.41, 5.74) is 0. The largest absolute Gasteiger partial charge is 0.390 e. The van der Waals surface area contributed by atoms with Gasteiger partial charge in [-0.15, -0.1) is 0 Å². The minimum absolute atomic E-state index is 0.0603. The average Bonchev–Trinajstić information content (AvgIpc) is 2.03. The first-order valence-electron chi connectivity index (χ1n) is 4.18. The normalized spacial score (nSPS) is 12.7. The zero-order chi connectivity index (χ0) is 9.56. The molecule has 0 saturated heterocycles.